The summed E-state index contributed by atoms with van der Waals surface area (Å²) in [6.07, 6.45) is 1.25. The largest absolute Gasteiger partial charge is 0.207 e. The molecule has 0 atom stereocenters. The molecule has 0 unspecified atom stereocenters. The van der Waals surface area contributed by atoms with Gasteiger partial charge < -0.3 is 0 Å². The highest BCUT2D eigenvalue weighted by molar-refractivity contribution is 5.67. The van der Waals surface area contributed by atoms with Crippen molar-refractivity contribution in [3.8, 4) is 11.1 Å². The molecule has 0 bridgehead atoms. The van der Waals surface area contributed by atoms with Crippen LogP contribution in [0.2, 0.25) is 0 Å². The Hall–Kier alpha value is -1.70. The first-order chi connectivity index (χ1) is 8.67. The van der Waals surface area contributed by atoms with Crippen LogP contribution < -0.4 is 0 Å². The minimum Gasteiger partial charge on any atom is -0.207 e. The summed E-state index contributed by atoms with van der Waals surface area (Å²) in [6.45, 7) is 3.84. The summed E-state index contributed by atoms with van der Waals surface area (Å²) in [5.41, 5.74) is 2.86. The maximum atomic E-state index is 14.2. The molecular weight excluding hydrogens is 230 g/mol. The van der Waals surface area contributed by atoms with Gasteiger partial charge in [0, 0.05) is 0 Å². The molecule has 2 rings (SSSR count). The van der Waals surface area contributed by atoms with Gasteiger partial charge in [0.05, 0.1) is 0 Å². The molecule has 0 aliphatic rings. The molecule has 2 heteroatoms. The van der Waals surface area contributed by atoms with Crippen LogP contribution in [0.5, 0.6) is 0 Å². The van der Waals surface area contributed by atoms with Crippen molar-refractivity contribution < 1.29 is 8.78 Å². The van der Waals surface area contributed by atoms with Crippen LogP contribution in [-0.4, -0.2) is 0 Å². The maximum absolute atomic E-state index is 14.2. The molecule has 0 amide bonds. The van der Waals surface area contributed by atoms with E-state index in [1.165, 1.54) is 12.1 Å². The minimum absolute atomic E-state index is 0.155. The maximum Gasteiger partial charge on any atom is 0.130 e. The Labute approximate surface area is 106 Å². The lowest BCUT2D eigenvalue weighted by Crippen LogP contribution is -1.98. The molecule has 0 fully saturated rings. The first kappa shape index (κ1) is 12.7. The van der Waals surface area contributed by atoms with Crippen molar-refractivity contribution in [3.63, 3.8) is 0 Å². The quantitative estimate of drug-likeness (QED) is 0.743. The van der Waals surface area contributed by atoms with Crippen LogP contribution in [0, 0.1) is 17.7 Å². The zero-order valence-electron chi connectivity index (χ0n) is 10.6. The van der Waals surface area contributed by atoms with Gasteiger partial charge in [0.2, 0.25) is 0 Å². The monoisotopic (exact) mass is 245 g/mol. The second-order valence-electron chi connectivity index (χ2n) is 4.20. The second-order valence-corrected chi connectivity index (χ2v) is 4.20. The van der Waals surface area contributed by atoms with Gasteiger partial charge >= 0.3 is 0 Å². The molecule has 18 heavy (non-hydrogen) atoms. The molecule has 0 saturated carbocycles. The zero-order valence-corrected chi connectivity index (χ0v) is 10.6. The van der Waals surface area contributed by atoms with Gasteiger partial charge in [-0.05, 0) is 59.4 Å². The Kier molecular flexibility index (Phi) is 3.75. The average Bonchev–Trinajstić information content (AvgIpc) is 2.39. The predicted octanol–water partition coefficient (Wildman–Crippen LogP) is 4.56. The van der Waals surface area contributed by atoms with Gasteiger partial charge in [-0.25, -0.2) is 8.78 Å². The third-order valence-electron chi connectivity index (χ3n) is 3.11. The van der Waals surface area contributed by atoms with Crippen molar-refractivity contribution in [2.45, 2.75) is 26.7 Å². The van der Waals surface area contributed by atoms with E-state index in [9.17, 15) is 8.78 Å². The van der Waals surface area contributed by atoms with E-state index in [0.29, 0.717) is 24.0 Å². The lowest BCUT2D eigenvalue weighted by atomic mass is 9.94. The van der Waals surface area contributed by atoms with E-state index in [1.807, 2.05) is 13.8 Å². The number of halogens is 2. The van der Waals surface area contributed by atoms with E-state index in [-0.39, 0.29) is 11.6 Å². The topological polar surface area (TPSA) is 0 Å². The summed E-state index contributed by atoms with van der Waals surface area (Å²) >= 11 is 0. The minimum atomic E-state index is -0.289. The highest BCUT2D eigenvalue weighted by atomic mass is 19.1. The summed E-state index contributed by atoms with van der Waals surface area (Å²) in [5, 5.41) is 0. The Morgan fingerprint density at radius 1 is 1.00 bits per heavy atom. The average molecular weight is 245 g/mol. The fourth-order valence-electron chi connectivity index (χ4n) is 2.08. The van der Waals surface area contributed by atoms with E-state index in [0.717, 1.165) is 11.1 Å². The molecule has 0 saturated heterocycles. The molecule has 0 aromatic heterocycles. The number of benzene rings is 2. The molecule has 0 nitrogen and oxygen atoms in total. The fraction of sp³-hybridized carbons (Fsp3) is 0.250. The van der Waals surface area contributed by atoms with E-state index in [4.69, 9.17) is 0 Å². The van der Waals surface area contributed by atoms with E-state index < -0.39 is 0 Å². The number of rotatable bonds is 3. The van der Waals surface area contributed by atoms with Gasteiger partial charge in [0.1, 0.15) is 11.6 Å². The third kappa shape index (κ3) is 2.28. The van der Waals surface area contributed by atoms with Gasteiger partial charge in [-0.3, -0.25) is 0 Å². The van der Waals surface area contributed by atoms with Crippen molar-refractivity contribution in [2.24, 2.45) is 0 Å². The van der Waals surface area contributed by atoms with E-state index >= 15 is 0 Å². The van der Waals surface area contributed by atoms with E-state index in [2.05, 4.69) is 6.07 Å². The molecule has 0 heterocycles. The third-order valence-corrected chi connectivity index (χ3v) is 3.11. The first-order valence-electron chi connectivity index (χ1n) is 6.15. The highest BCUT2D eigenvalue weighted by Gasteiger charge is 2.12. The lowest BCUT2D eigenvalue weighted by molar-refractivity contribution is 0.597. The van der Waals surface area contributed by atoms with Crippen molar-refractivity contribution in [1.29, 1.82) is 0 Å². The normalized spacial score (nSPS) is 10.7. The van der Waals surface area contributed by atoms with E-state index in [1.54, 1.807) is 18.2 Å². The van der Waals surface area contributed by atoms with Crippen molar-refractivity contribution >= 4 is 0 Å². The zero-order chi connectivity index (χ0) is 13.1. The lowest BCUT2D eigenvalue weighted by Gasteiger charge is -2.11. The number of hydrogen-bond donors (Lipinski definition) is 0. The summed E-state index contributed by atoms with van der Waals surface area (Å²) < 4.78 is 27.1. The van der Waals surface area contributed by atoms with Gasteiger partial charge in [-0.2, -0.15) is 0 Å². The van der Waals surface area contributed by atoms with Crippen LogP contribution in [0.25, 0.3) is 11.1 Å². The summed E-state index contributed by atoms with van der Waals surface area (Å²) in [4.78, 5) is 0. The molecule has 1 radical (unpaired) electrons. The number of hydrogen-bond acceptors (Lipinski definition) is 0. The van der Waals surface area contributed by atoms with Crippen molar-refractivity contribution in [2.75, 3.05) is 0 Å². The molecule has 0 spiro atoms. The molecule has 0 aliphatic carbocycles. The van der Waals surface area contributed by atoms with Crippen LogP contribution in [0.1, 0.15) is 25.0 Å². The second kappa shape index (κ2) is 5.30. The smallest absolute Gasteiger partial charge is 0.130 e. The Bertz CT molecular complexity index is 542. The number of aryl methyl sites for hydroxylation is 1. The Balaban J connectivity index is 2.57. The predicted molar refractivity (Wildman–Crippen MR) is 69.4 cm³/mol. The summed E-state index contributed by atoms with van der Waals surface area (Å²) in [6, 6.07) is 10.9. The van der Waals surface area contributed by atoms with Gasteiger partial charge in [-0.1, -0.05) is 26.0 Å². The van der Waals surface area contributed by atoms with Crippen molar-refractivity contribution in [1.82, 2.24) is 0 Å². The van der Waals surface area contributed by atoms with Crippen LogP contribution in [0.3, 0.4) is 0 Å². The van der Waals surface area contributed by atoms with Gasteiger partial charge in [0.15, 0.2) is 0 Å². The molecule has 0 aliphatic heterocycles. The Morgan fingerprint density at radius 2 is 1.67 bits per heavy atom. The fourth-order valence-corrected chi connectivity index (χ4v) is 2.08. The molecule has 93 valence electrons. The first-order valence-corrected chi connectivity index (χ1v) is 6.15. The highest BCUT2D eigenvalue weighted by Crippen LogP contribution is 2.28. The Morgan fingerprint density at radius 3 is 2.22 bits per heavy atom. The van der Waals surface area contributed by atoms with Crippen molar-refractivity contribution in [3.05, 3.63) is 59.2 Å². The van der Waals surface area contributed by atoms with Gasteiger partial charge in [-0.15, -0.1) is 0 Å². The van der Waals surface area contributed by atoms with Crippen LogP contribution in [0.15, 0.2) is 30.3 Å². The SMILES string of the molecule is CCc1c[c]c(-c2ccc(F)cc2)c(CC)c1F. The van der Waals surface area contributed by atoms with Crippen LogP contribution >= 0.6 is 0 Å². The summed E-state index contributed by atoms with van der Waals surface area (Å²) in [5.74, 6) is -0.444. The van der Waals surface area contributed by atoms with Gasteiger partial charge in [0.25, 0.3) is 0 Å². The molecular formula is C16H15F2. The summed E-state index contributed by atoms with van der Waals surface area (Å²) in [7, 11) is 0. The molecule has 2 aromatic rings. The van der Waals surface area contributed by atoms with Crippen LogP contribution in [-0.2, 0) is 12.8 Å². The van der Waals surface area contributed by atoms with Crippen LogP contribution in [0.4, 0.5) is 8.78 Å². The standard InChI is InChI=1S/C16H15F2/c1-3-11-7-10-15(14(4-2)16(11)18)12-5-8-13(17)9-6-12/h5-9H,3-4H2,1-2H3. The molecule has 0 N–H and O–H groups in total. The molecule has 2 aromatic carbocycles.